The second-order valence-corrected chi connectivity index (χ2v) is 6.35. The van der Waals surface area contributed by atoms with Gasteiger partial charge in [-0.2, -0.15) is 0 Å². The highest BCUT2D eigenvalue weighted by Crippen LogP contribution is 2.39. The second-order valence-electron chi connectivity index (χ2n) is 5.95. The lowest BCUT2D eigenvalue weighted by Crippen LogP contribution is -2.38. The van der Waals surface area contributed by atoms with Gasteiger partial charge in [-0.3, -0.25) is 4.90 Å². The molecule has 2 fully saturated rings. The standard InChI is InChI=1S/C15H20ClFN2.ClH/c16-14-2-1-13(17)9-12(14)10-19-8-5-15(11-19)3-6-18-7-4-15;/h1-2,9,18H,3-8,10-11H2;1H. The maximum absolute atomic E-state index is 13.3. The Balaban J connectivity index is 0.00000147. The van der Waals surface area contributed by atoms with Crippen LogP contribution in [0.15, 0.2) is 18.2 Å². The molecule has 0 amide bonds. The molecule has 3 rings (SSSR count). The molecule has 20 heavy (non-hydrogen) atoms. The highest BCUT2D eigenvalue weighted by atomic mass is 35.5. The molecule has 0 unspecified atom stereocenters. The number of nitrogens with zero attached hydrogens (tertiary/aromatic N) is 1. The molecule has 112 valence electrons. The monoisotopic (exact) mass is 318 g/mol. The van der Waals surface area contributed by atoms with Gasteiger partial charge in [-0.1, -0.05) is 11.6 Å². The van der Waals surface area contributed by atoms with Gasteiger partial charge in [-0.25, -0.2) is 4.39 Å². The topological polar surface area (TPSA) is 15.3 Å². The van der Waals surface area contributed by atoms with E-state index in [0.29, 0.717) is 10.4 Å². The van der Waals surface area contributed by atoms with Gasteiger partial charge in [0.05, 0.1) is 0 Å². The van der Waals surface area contributed by atoms with E-state index in [1.165, 1.54) is 25.3 Å². The smallest absolute Gasteiger partial charge is 0.123 e. The van der Waals surface area contributed by atoms with Crippen molar-refractivity contribution in [1.82, 2.24) is 10.2 Å². The van der Waals surface area contributed by atoms with Crippen LogP contribution < -0.4 is 5.32 Å². The lowest BCUT2D eigenvalue weighted by atomic mass is 9.78. The van der Waals surface area contributed by atoms with Gasteiger partial charge in [-0.05, 0) is 68.1 Å². The number of likely N-dealkylation sites (tertiary alicyclic amines) is 1. The summed E-state index contributed by atoms with van der Waals surface area (Å²) in [6, 6.07) is 4.64. The highest BCUT2D eigenvalue weighted by molar-refractivity contribution is 6.31. The molecule has 5 heteroatoms. The van der Waals surface area contributed by atoms with Crippen molar-refractivity contribution in [1.29, 1.82) is 0 Å². The van der Waals surface area contributed by atoms with Crippen LogP contribution in [0.25, 0.3) is 0 Å². The van der Waals surface area contributed by atoms with Crippen LogP contribution in [0.5, 0.6) is 0 Å². The van der Waals surface area contributed by atoms with Crippen LogP contribution in [0.2, 0.25) is 5.02 Å². The summed E-state index contributed by atoms with van der Waals surface area (Å²) in [4.78, 5) is 2.42. The van der Waals surface area contributed by atoms with Gasteiger partial charge in [0.25, 0.3) is 0 Å². The number of hydrogen-bond donors (Lipinski definition) is 1. The third kappa shape index (κ3) is 3.45. The third-order valence-electron chi connectivity index (χ3n) is 4.58. The molecule has 2 aliphatic heterocycles. The summed E-state index contributed by atoms with van der Waals surface area (Å²) in [5.74, 6) is -0.199. The van der Waals surface area contributed by atoms with Crippen molar-refractivity contribution in [3.05, 3.63) is 34.6 Å². The molecule has 2 saturated heterocycles. The predicted molar refractivity (Wildman–Crippen MR) is 83.1 cm³/mol. The molecule has 0 bridgehead atoms. The first kappa shape index (κ1) is 16.0. The summed E-state index contributed by atoms with van der Waals surface area (Å²) >= 11 is 6.15. The minimum Gasteiger partial charge on any atom is -0.317 e. The zero-order valence-electron chi connectivity index (χ0n) is 11.5. The van der Waals surface area contributed by atoms with E-state index in [4.69, 9.17) is 11.6 Å². The van der Waals surface area contributed by atoms with Gasteiger partial charge in [0, 0.05) is 18.1 Å². The maximum atomic E-state index is 13.3. The van der Waals surface area contributed by atoms with Crippen molar-refractivity contribution in [2.75, 3.05) is 26.2 Å². The molecule has 0 aromatic heterocycles. The fraction of sp³-hybridized carbons (Fsp3) is 0.600. The van der Waals surface area contributed by atoms with Gasteiger partial charge in [-0.15, -0.1) is 12.4 Å². The Morgan fingerprint density at radius 1 is 1.25 bits per heavy atom. The van der Waals surface area contributed by atoms with E-state index in [2.05, 4.69) is 10.2 Å². The van der Waals surface area contributed by atoms with E-state index in [1.807, 2.05) is 0 Å². The Morgan fingerprint density at radius 2 is 2.00 bits per heavy atom. The minimum atomic E-state index is -0.199. The summed E-state index contributed by atoms with van der Waals surface area (Å²) < 4.78 is 13.3. The van der Waals surface area contributed by atoms with Crippen molar-refractivity contribution in [3.8, 4) is 0 Å². The normalized spacial score (nSPS) is 21.9. The predicted octanol–water partition coefficient (Wildman–Crippen LogP) is 3.48. The van der Waals surface area contributed by atoms with Crippen molar-refractivity contribution >= 4 is 24.0 Å². The second kappa shape index (κ2) is 6.61. The van der Waals surface area contributed by atoms with Crippen molar-refractivity contribution in [2.24, 2.45) is 5.41 Å². The highest BCUT2D eigenvalue weighted by Gasteiger charge is 2.38. The summed E-state index contributed by atoms with van der Waals surface area (Å²) in [7, 11) is 0. The van der Waals surface area contributed by atoms with Crippen LogP contribution in [0.1, 0.15) is 24.8 Å². The first-order valence-electron chi connectivity index (χ1n) is 7.04. The third-order valence-corrected chi connectivity index (χ3v) is 4.95. The first-order chi connectivity index (χ1) is 9.17. The van der Waals surface area contributed by atoms with Crippen LogP contribution in [0, 0.1) is 11.2 Å². The molecule has 0 aliphatic carbocycles. The Kier molecular flexibility index (Phi) is 5.30. The first-order valence-corrected chi connectivity index (χ1v) is 7.42. The van der Waals surface area contributed by atoms with E-state index in [0.717, 1.165) is 38.3 Å². The molecular weight excluding hydrogens is 298 g/mol. The van der Waals surface area contributed by atoms with Crippen molar-refractivity contribution < 1.29 is 4.39 Å². The fourth-order valence-corrected chi connectivity index (χ4v) is 3.61. The molecule has 2 nitrogen and oxygen atoms in total. The van der Waals surface area contributed by atoms with Gasteiger partial charge < -0.3 is 5.32 Å². The average molecular weight is 319 g/mol. The van der Waals surface area contributed by atoms with Gasteiger partial charge in [0.15, 0.2) is 0 Å². The molecule has 2 heterocycles. The lowest BCUT2D eigenvalue weighted by Gasteiger charge is -2.34. The number of rotatable bonds is 2. The molecule has 0 atom stereocenters. The van der Waals surface area contributed by atoms with Crippen molar-refractivity contribution in [2.45, 2.75) is 25.8 Å². The number of benzene rings is 1. The van der Waals surface area contributed by atoms with E-state index in [-0.39, 0.29) is 18.2 Å². The van der Waals surface area contributed by atoms with E-state index < -0.39 is 0 Å². The molecule has 0 saturated carbocycles. The Hall–Kier alpha value is -0.350. The Labute approximate surface area is 131 Å². The van der Waals surface area contributed by atoms with Gasteiger partial charge >= 0.3 is 0 Å². The number of nitrogens with one attached hydrogen (secondary N) is 1. The van der Waals surface area contributed by atoms with E-state index in [9.17, 15) is 4.39 Å². The van der Waals surface area contributed by atoms with Crippen LogP contribution in [0.4, 0.5) is 4.39 Å². The Bertz CT molecular complexity index is 461. The van der Waals surface area contributed by atoms with Crippen LogP contribution >= 0.6 is 24.0 Å². The van der Waals surface area contributed by atoms with E-state index >= 15 is 0 Å². The summed E-state index contributed by atoms with van der Waals surface area (Å²) in [6.07, 6.45) is 3.79. The number of hydrogen-bond acceptors (Lipinski definition) is 2. The van der Waals surface area contributed by atoms with E-state index in [1.54, 1.807) is 12.1 Å². The zero-order valence-corrected chi connectivity index (χ0v) is 13.1. The molecule has 1 aromatic rings. The largest absolute Gasteiger partial charge is 0.317 e. The molecule has 2 aliphatic rings. The lowest BCUT2D eigenvalue weighted by molar-refractivity contribution is 0.194. The summed E-state index contributed by atoms with van der Waals surface area (Å²) in [6.45, 7) is 5.27. The van der Waals surface area contributed by atoms with Crippen LogP contribution in [-0.4, -0.2) is 31.1 Å². The Morgan fingerprint density at radius 3 is 2.75 bits per heavy atom. The van der Waals surface area contributed by atoms with Gasteiger partial charge in [0.2, 0.25) is 0 Å². The molecule has 1 N–H and O–H groups in total. The zero-order chi connectivity index (χ0) is 13.3. The van der Waals surface area contributed by atoms with Gasteiger partial charge in [0.1, 0.15) is 5.82 Å². The number of halogens is 3. The average Bonchev–Trinajstić information content (AvgIpc) is 2.78. The summed E-state index contributed by atoms with van der Waals surface area (Å²) in [5, 5.41) is 4.10. The summed E-state index contributed by atoms with van der Waals surface area (Å²) in [5.41, 5.74) is 1.40. The van der Waals surface area contributed by atoms with Crippen molar-refractivity contribution in [3.63, 3.8) is 0 Å². The van der Waals surface area contributed by atoms with Crippen LogP contribution in [-0.2, 0) is 6.54 Å². The number of piperidine rings is 1. The van der Waals surface area contributed by atoms with Crippen LogP contribution in [0.3, 0.4) is 0 Å². The fourth-order valence-electron chi connectivity index (χ4n) is 3.43. The molecular formula is C15H21Cl2FN2. The maximum Gasteiger partial charge on any atom is 0.123 e. The quantitative estimate of drug-likeness (QED) is 0.898. The molecule has 1 aromatic carbocycles. The molecule has 1 spiro atoms. The minimum absolute atomic E-state index is 0. The molecule has 0 radical (unpaired) electrons. The SMILES string of the molecule is Cl.Fc1ccc(Cl)c(CN2CCC3(CCNCC3)C2)c1.